The average molecular weight is 324 g/mol. The van der Waals surface area contributed by atoms with E-state index in [0.29, 0.717) is 0 Å². The van der Waals surface area contributed by atoms with E-state index in [1.807, 2.05) is 39.0 Å². The van der Waals surface area contributed by atoms with Crippen molar-refractivity contribution in [2.75, 3.05) is 13.1 Å². The summed E-state index contributed by atoms with van der Waals surface area (Å²) in [6.45, 7) is 5.89. The molecule has 0 aromatic heterocycles. The average Bonchev–Trinajstić information content (AvgIpc) is 2.43. The van der Waals surface area contributed by atoms with Gasteiger partial charge in [0.15, 0.2) is 0 Å². The molecule has 1 aromatic rings. The molecule has 0 heterocycles. The third-order valence-corrected chi connectivity index (χ3v) is 5.20. The summed E-state index contributed by atoms with van der Waals surface area (Å²) >= 11 is 0. The molecule has 0 radical (unpaired) electrons. The van der Waals surface area contributed by atoms with Crippen molar-refractivity contribution in [3.63, 3.8) is 0 Å². The minimum Gasteiger partial charge on any atom is -0.329 e. The Bertz CT molecular complexity index is 560. The van der Waals surface area contributed by atoms with Crippen molar-refractivity contribution in [2.24, 2.45) is 45.9 Å². The first-order valence-electron chi connectivity index (χ1n) is 7.49. The van der Waals surface area contributed by atoms with E-state index in [2.05, 4.69) is 0 Å². The van der Waals surface area contributed by atoms with Crippen LogP contribution in [-0.2, 0) is 10.8 Å². The first-order valence-corrected chi connectivity index (χ1v) is 7.49. The predicted octanol–water partition coefficient (Wildman–Crippen LogP) is -2.51. The van der Waals surface area contributed by atoms with E-state index in [1.165, 1.54) is 0 Å². The largest absolute Gasteiger partial charge is 0.329 e. The first-order chi connectivity index (χ1) is 10.2. The minimum absolute atomic E-state index is 0.164. The van der Waals surface area contributed by atoms with Gasteiger partial charge in [-0.3, -0.25) is 0 Å². The summed E-state index contributed by atoms with van der Waals surface area (Å²) in [6.07, 6.45) is 0. The van der Waals surface area contributed by atoms with Crippen molar-refractivity contribution in [3.8, 4) is 0 Å². The fourth-order valence-corrected chi connectivity index (χ4v) is 2.62. The molecule has 0 aliphatic carbocycles. The SMILES string of the molecule is Cc1ccc(C(C)(CN)C(N)(N)N)cc1C(C)(CN)C(N)(N)N. The first kappa shape index (κ1) is 19.9. The maximum Gasteiger partial charge on any atom is 0.126 e. The van der Waals surface area contributed by atoms with Gasteiger partial charge in [0, 0.05) is 23.9 Å². The number of aryl methyl sites for hydroxylation is 1. The standard InChI is InChI=1S/C15H32N8/c1-9-4-5-10(12(2,7-16)14(18,19)20)6-11(9)13(3,8-17)15(21,22)23/h4-6H,7-8,16-23H2,1-3H3. The molecular weight excluding hydrogens is 292 g/mol. The van der Waals surface area contributed by atoms with Gasteiger partial charge < -0.3 is 45.9 Å². The van der Waals surface area contributed by atoms with E-state index in [9.17, 15) is 0 Å². The Morgan fingerprint density at radius 3 is 1.57 bits per heavy atom. The lowest BCUT2D eigenvalue weighted by Crippen LogP contribution is -2.73. The predicted molar refractivity (Wildman–Crippen MR) is 94.6 cm³/mol. The van der Waals surface area contributed by atoms with E-state index < -0.39 is 22.4 Å². The zero-order valence-electron chi connectivity index (χ0n) is 14.3. The Morgan fingerprint density at radius 2 is 1.22 bits per heavy atom. The lowest BCUT2D eigenvalue weighted by atomic mass is 9.70. The number of hydrogen-bond acceptors (Lipinski definition) is 8. The molecule has 1 aromatic carbocycles. The smallest absolute Gasteiger partial charge is 0.126 e. The van der Waals surface area contributed by atoms with Crippen LogP contribution in [0.4, 0.5) is 0 Å². The topological polar surface area (TPSA) is 208 Å². The summed E-state index contributed by atoms with van der Waals surface area (Å²) in [5.74, 6) is -3.01. The molecule has 2 atom stereocenters. The van der Waals surface area contributed by atoms with Crippen LogP contribution >= 0.6 is 0 Å². The van der Waals surface area contributed by atoms with Gasteiger partial charge >= 0.3 is 0 Å². The van der Waals surface area contributed by atoms with Gasteiger partial charge in [0.05, 0.1) is 0 Å². The molecule has 0 bridgehead atoms. The molecule has 16 N–H and O–H groups in total. The van der Waals surface area contributed by atoms with Gasteiger partial charge in [0.1, 0.15) is 11.6 Å². The summed E-state index contributed by atoms with van der Waals surface area (Å²) in [5, 5.41) is 0. The molecule has 23 heavy (non-hydrogen) atoms. The zero-order chi connectivity index (χ0) is 18.3. The highest BCUT2D eigenvalue weighted by atomic mass is 15.2. The van der Waals surface area contributed by atoms with E-state index in [0.717, 1.165) is 16.7 Å². The van der Waals surface area contributed by atoms with Crippen LogP contribution in [-0.4, -0.2) is 24.7 Å². The van der Waals surface area contributed by atoms with Crippen LogP contribution in [0.5, 0.6) is 0 Å². The van der Waals surface area contributed by atoms with Gasteiger partial charge in [-0.15, -0.1) is 0 Å². The summed E-state index contributed by atoms with van der Waals surface area (Å²) in [6, 6.07) is 5.68. The van der Waals surface area contributed by atoms with E-state index in [1.54, 1.807) is 0 Å². The zero-order valence-corrected chi connectivity index (χ0v) is 14.3. The summed E-state index contributed by atoms with van der Waals surface area (Å²) in [5.41, 5.74) is 48.4. The van der Waals surface area contributed by atoms with Crippen molar-refractivity contribution in [2.45, 2.75) is 43.2 Å². The molecule has 2 unspecified atom stereocenters. The normalized spacial score (nSPS) is 18.4. The minimum atomic E-state index is -1.50. The van der Waals surface area contributed by atoms with Crippen molar-refractivity contribution in [1.82, 2.24) is 0 Å². The van der Waals surface area contributed by atoms with Gasteiger partial charge in [-0.05, 0) is 37.5 Å². The molecule has 0 aliphatic rings. The Labute approximate surface area is 137 Å². The Kier molecular flexibility index (Phi) is 5.27. The van der Waals surface area contributed by atoms with Crippen LogP contribution in [0.1, 0.15) is 30.5 Å². The van der Waals surface area contributed by atoms with Gasteiger partial charge in [-0.25, -0.2) is 0 Å². The van der Waals surface area contributed by atoms with Crippen LogP contribution in [0, 0.1) is 6.92 Å². The van der Waals surface area contributed by atoms with Crippen LogP contribution in [0.25, 0.3) is 0 Å². The molecule has 0 aliphatic heterocycles. The highest BCUT2D eigenvalue weighted by Crippen LogP contribution is 2.35. The monoisotopic (exact) mass is 324 g/mol. The van der Waals surface area contributed by atoms with E-state index >= 15 is 0 Å². The van der Waals surface area contributed by atoms with Gasteiger partial charge in [-0.1, -0.05) is 18.2 Å². The second-order valence-corrected chi connectivity index (χ2v) is 6.97. The number of benzene rings is 1. The molecule has 0 saturated carbocycles. The van der Waals surface area contributed by atoms with Crippen molar-refractivity contribution in [3.05, 3.63) is 34.9 Å². The molecule has 0 amide bonds. The summed E-state index contributed by atoms with van der Waals surface area (Å²) < 4.78 is 0. The maximum atomic E-state index is 5.98. The second-order valence-electron chi connectivity index (χ2n) is 6.97. The molecule has 0 spiro atoms. The summed E-state index contributed by atoms with van der Waals surface area (Å²) in [4.78, 5) is 0. The van der Waals surface area contributed by atoms with Crippen LogP contribution in [0.2, 0.25) is 0 Å². The van der Waals surface area contributed by atoms with E-state index in [-0.39, 0.29) is 13.1 Å². The molecule has 0 fully saturated rings. The van der Waals surface area contributed by atoms with Crippen LogP contribution < -0.4 is 45.9 Å². The van der Waals surface area contributed by atoms with E-state index in [4.69, 9.17) is 45.9 Å². The molecule has 1 rings (SSSR count). The number of rotatable bonds is 6. The second kappa shape index (κ2) is 6.08. The molecule has 0 saturated heterocycles. The Hall–Kier alpha value is -1.10. The Balaban J connectivity index is 3.63. The lowest BCUT2D eigenvalue weighted by molar-refractivity contribution is 0.247. The highest BCUT2D eigenvalue weighted by Gasteiger charge is 2.44. The highest BCUT2D eigenvalue weighted by molar-refractivity contribution is 5.43. The third-order valence-electron chi connectivity index (χ3n) is 5.20. The summed E-state index contributed by atoms with van der Waals surface area (Å²) in [7, 11) is 0. The molecule has 132 valence electrons. The quantitative estimate of drug-likeness (QED) is 0.261. The van der Waals surface area contributed by atoms with Crippen molar-refractivity contribution in [1.29, 1.82) is 0 Å². The third kappa shape index (κ3) is 3.25. The fourth-order valence-electron chi connectivity index (χ4n) is 2.62. The lowest BCUT2D eigenvalue weighted by Gasteiger charge is -2.44. The van der Waals surface area contributed by atoms with Crippen molar-refractivity contribution >= 4 is 0 Å². The van der Waals surface area contributed by atoms with Crippen LogP contribution in [0.15, 0.2) is 18.2 Å². The fraction of sp³-hybridized carbons (Fsp3) is 0.600. The van der Waals surface area contributed by atoms with Gasteiger partial charge in [-0.2, -0.15) is 0 Å². The van der Waals surface area contributed by atoms with Crippen LogP contribution in [0.3, 0.4) is 0 Å². The van der Waals surface area contributed by atoms with Crippen molar-refractivity contribution < 1.29 is 0 Å². The molecule has 8 nitrogen and oxygen atoms in total. The Morgan fingerprint density at radius 1 is 0.783 bits per heavy atom. The maximum absolute atomic E-state index is 5.98. The number of nitrogens with two attached hydrogens (primary N) is 8. The molecule has 8 heteroatoms. The molecular formula is C15H32N8. The van der Waals surface area contributed by atoms with Gasteiger partial charge in [0.25, 0.3) is 0 Å². The van der Waals surface area contributed by atoms with Gasteiger partial charge in [0.2, 0.25) is 0 Å². The number of hydrogen-bond donors (Lipinski definition) is 8.